The smallest absolute Gasteiger partial charge is 0.306 e. The van der Waals surface area contributed by atoms with Crippen LogP contribution < -0.4 is 0 Å². The van der Waals surface area contributed by atoms with E-state index in [1.807, 2.05) is 0 Å². The van der Waals surface area contributed by atoms with Crippen LogP contribution in [0.4, 0.5) is 0 Å². The number of hydrogen-bond acceptors (Lipinski definition) is 6. The maximum Gasteiger partial charge on any atom is 0.306 e. The Morgan fingerprint density at radius 3 is 1.01 bits per heavy atom. The lowest BCUT2D eigenvalue weighted by Crippen LogP contribution is -2.30. The second-order valence-electron chi connectivity index (χ2n) is 18.1. The van der Waals surface area contributed by atoms with Crippen molar-refractivity contribution in [3.05, 3.63) is 97.2 Å². The molecular formula is C61H102O6. The van der Waals surface area contributed by atoms with Gasteiger partial charge in [-0.05, 0) is 116 Å². The van der Waals surface area contributed by atoms with E-state index in [9.17, 15) is 14.4 Å². The molecule has 0 aliphatic rings. The highest BCUT2D eigenvalue weighted by atomic mass is 16.6. The average molecular weight is 931 g/mol. The quantitative estimate of drug-likeness (QED) is 0.0262. The molecule has 6 nitrogen and oxygen atoms in total. The first-order valence-corrected chi connectivity index (χ1v) is 27.7. The summed E-state index contributed by atoms with van der Waals surface area (Å²) in [7, 11) is 0. The monoisotopic (exact) mass is 931 g/mol. The lowest BCUT2D eigenvalue weighted by Gasteiger charge is -2.18. The average Bonchev–Trinajstić information content (AvgIpc) is 3.33. The van der Waals surface area contributed by atoms with Crippen molar-refractivity contribution in [2.45, 2.75) is 258 Å². The first-order chi connectivity index (χ1) is 33.0. The molecule has 0 radical (unpaired) electrons. The molecule has 0 N–H and O–H groups in total. The number of ether oxygens (including phenoxy) is 3. The number of esters is 3. The van der Waals surface area contributed by atoms with Crippen LogP contribution in [0.5, 0.6) is 0 Å². The molecule has 6 heteroatoms. The van der Waals surface area contributed by atoms with Crippen molar-refractivity contribution >= 4 is 17.9 Å². The Labute approximate surface area is 413 Å². The highest BCUT2D eigenvalue weighted by Gasteiger charge is 2.19. The molecule has 0 aromatic carbocycles. The largest absolute Gasteiger partial charge is 0.462 e. The second kappa shape index (κ2) is 54.9. The molecule has 0 aliphatic carbocycles. The molecular weight excluding hydrogens is 829 g/mol. The number of carbonyl (C=O) groups is 3. The molecule has 0 rings (SSSR count). The molecule has 0 unspecified atom stereocenters. The Morgan fingerprint density at radius 2 is 0.597 bits per heavy atom. The number of rotatable bonds is 49. The van der Waals surface area contributed by atoms with E-state index >= 15 is 0 Å². The predicted octanol–water partition coefficient (Wildman–Crippen LogP) is 18.5. The van der Waals surface area contributed by atoms with Crippen LogP contribution in [0.1, 0.15) is 252 Å². The molecule has 0 amide bonds. The van der Waals surface area contributed by atoms with E-state index < -0.39 is 6.10 Å². The van der Waals surface area contributed by atoms with Gasteiger partial charge in [-0.2, -0.15) is 0 Å². The van der Waals surface area contributed by atoms with Crippen LogP contribution in [-0.4, -0.2) is 37.2 Å². The van der Waals surface area contributed by atoms with Crippen LogP contribution in [0.2, 0.25) is 0 Å². The van der Waals surface area contributed by atoms with Gasteiger partial charge in [0.1, 0.15) is 13.2 Å². The van der Waals surface area contributed by atoms with Crippen LogP contribution in [0, 0.1) is 0 Å². The maximum absolute atomic E-state index is 12.8. The fraction of sp³-hybridized carbons (Fsp3) is 0.689. The van der Waals surface area contributed by atoms with Gasteiger partial charge in [0.15, 0.2) is 6.10 Å². The van der Waals surface area contributed by atoms with Crippen molar-refractivity contribution in [1.29, 1.82) is 0 Å². The summed E-state index contributed by atoms with van der Waals surface area (Å²) in [5.74, 6) is -0.973. The molecule has 1 atom stereocenters. The molecule has 0 saturated heterocycles. The number of allylic oxidation sites excluding steroid dienone is 16. The summed E-state index contributed by atoms with van der Waals surface area (Å²) >= 11 is 0. The molecule has 0 fully saturated rings. The van der Waals surface area contributed by atoms with Gasteiger partial charge in [0, 0.05) is 19.3 Å². The normalized spacial score (nSPS) is 12.8. The number of carbonyl (C=O) groups excluding carboxylic acids is 3. The van der Waals surface area contributed by atoms with Crippen LogP contribution in [0.15, 0.2) is 97.2 Å². The van der Waals surface area contributed by atoms with Gasteiger partial charge in [0.2, 0.25) is 0 Å². The minimum absolute atomic E-state index is 0.102. The zero-order valence-electron chi connectivity index (χ0n) is 43.6. The lowest BCUT2D eigenvalue weighted by molar-refractivity contribution is -0.167. The fourth-order valence-corrected chi connectivity index (χ4v) is 7.38. The van der Waals surface area contributed by atoms with E-state index in [1.54, 1.807) is 0 Å². The first-order valence-electron chi connectivity index (χ1n) is 27.7. The summed E-state index contributed by atoms with van der Waals surface area (Å²) in [6, 6.07) is 0. The van der Waals surface area contributed by atoms with Gasteiger partial charge in [0.25, 0.3) is 0 Å². The number of unbranched alkanes of at least 4 members (excludes halogenated alkanes) is 22. The number of hydrogen-bond donors (Lipinski definition) is 0. The van der Waals surface area contributed by atoms with Gasteiger partial charge in [-0.15, -0.1) is 0 Å². The Hall–Kier alpha value is -3.67. The summed E-state index contributed by atoms with van der Waals surface area (Å²) in [4.78, 5) is 38.1. The van der Waals surface area contributed by atoms with Gasteiger partial charge >= 0.3 is 17.9 Å². The molecule has 0 aromatic heterocycles. The van der Waals surface area contributed by atoms with Gasteiger partial charge in [-0.1, -0.05) is 214 Å². The Kier molecular flexibility index (Phi) is 51.9. The molecule has 0 bridgehead atoms. The van der Waals surface area contributed by atoms with Crippen LogP contribution in [0.3, 0.4) is 0 Å². The minimum atomic E-state index is -0.807. The summed E-state index contributed by atoms with van der Waals surface area (Å²) in [6.45, 7) is 6.43. The maximum atomic E-state index is 12.8. The van der Waals surface area contributed by atoms with E-state index in [4.69, 9.17) is 14.2 Å². The molecule has 0 heterocycles. The molecule has 382 valence electrons. The molecule has 0 spiro atoms. The Bertz CT molecular complexity index is 1350. The lowest BCUT2D eigenvalue weighted by atomic mass is 10.1. The zero-order chi connectivity index (χ0) is 48.6. The third-order valence-electron chi connectivity index (χ3n) is 11.5. The summed E-state index contributed by atoms with van der Waals surface area (Å²) in [5, 5.41) is 0. The van der Waals surface area contributed by atoms with Crippen LogP contribution in [-0.2, 0) is 28.6 Å². The van der Waals surface area contributed by atoms with Gasteiger partial charge in [-0.25, -0.2) is 0 Å². The van der Waals surface area contributed by atoms with Crippen molar-refractivity contribution in [1.82, 2.24) is 0 Å². The van der Waals surface area contributed by atoms with Crippen molar-refractivity contribution in [3.63, 3.8) is 0 Å². The second-order valence-corrected chi connectivity index (χ2v) is 18.1. The zero-order valence-corrected chi connectivity index (χ0v) is 43.6. The summed E-state index contributed by atoms with van der Waals surface area (Å²) < 4.78 is 16.8. The van der Waals surface area contributed by atoms with Crippen LogP contribution >= 0.6 is 0 Å². The van der Waals surface area contributed by atoms with Crippen molar-refractivity contribution < 1.29 is 28.6 Å². The van der Waals surface area contributed by atoms with Crippen molar-refractivity contribution in [2.24, 2.45) is 0 Å². The Morgan fingerprint density at radius 1 is 0.313 bits per heavy atom. The highest BCUT2D eigenvalue weighted by molar-refractivity contribution is 5.71. The predicted molar refractivity (Wildman–Crippen MR) is 288 cm³/mol. The third kappa shape index (κ3) is 53.2. The fourth-order valence-electron chi connectivity index (χ4n) is 7.38. The molecule has 0 aliphatic heterocycles. The summed E-state index contributed by atoms with van der Waals surface area (Å²) in [6.07, 6.45) is 72.5. The summed E-state index contributed by atoms with van der Waals surface area (Å²) in [5.41, 5.74) is 0. The van der Waals surface area contributed by atoms with E-state index in [0.29, 0.717) is 19.3 Å². The van der Waals surface area contributed by atoms with E-state index in [2.05, 4.69) is 118 Å². The minimum Gasteiger partial charge on any atom is -0.462 e. The topological polar surface area (TPSA) is 78.9 Å². The van der Waals surface area contributed by atoms with E-state index in [0.717, 1.165) is 89.9 Å². The standard InChI is InChI=1S/C61H102O6/c1-4-7-10-13-16-19-22-25-28-30-33-35-38-41-44-47-50-53-59(62)65-56-58(67-61(64)55-52-49-46-43-40-37-32-27-24-21-18-15-12-9-6-3)57-66-60(63)54-51-48-45-42-39-36-34-31-29-26-23-20-17-14-11-8-5-2/h7,10,16-17,19-21,24-26,28-29,33,35,41,44,58H,4-6,8-9,11-15,18,22-23,27,30-32,34,36-40,42-43,45-57H2,1-3H3/b10-7-,19-16-,20-17-,24-21-,28-25-,29-26-,35-33-,44-41-/t58-/m1/s1. The first kappa shape index (κ1) is 63.3. The third-order valence-corrected chi connectivity index (χ3v) is 11.5. The Balaban J connectivity index is 4.49. The van der Waals surface area contributed by atoms with Gasteiger partial charge in [0.05, 0.1) is 0 Å². The molecule has 0 saturated carbocycles. The van der Waals surface area contributed by atoms with E-state index in [-0.39, 0.29) is 37.5 Å². The van der Waals surface area contributed by atoms with Gasteiger partial charge in [-0.3, -0.25) is 14.4 Å². The van der Waals surface area contributed by atoms with Crippen molar-refractivity contribution in [2.75, 3.05) is 13.2 Å². The molecule has 0 aromatic rings. The highest BCUT2D eigenvalue weighted by Crippen LogP contribution is 2.14. The van der Waals surface area contributed by atoms with Crippen molar-refractivity contribution in [3.8, 4) is 0 Å². The SMILES string of the molecule is CC/C=C\C/C=C\C/C=C\C/C=C\C/C=C\CCCC(=O)OC[C@H](COC(=O)CCCCCCCCC/C=C\C/C=C\CCCCC)OC(=O)CCCCCCCCC/C=C\CCCCCC. The van der Waals surface area contributed by atoms with E-state index in [1.165, 1.54) is 116 Å². The van der Waals surface area contributed by atoms with Crippen LogP contribution in [0.25, 0.3) is 0 Å². The molecule has 67 heavy (non-hydrogen) atoms. The van der Waals surface area contributed by atoms with Gasteiger partial charge < -0.3 is 14.2 Å².